The van der Waals surface area contributed by atoms with Gasteiger partial charge in [0.05, 0.1) is 13.7 Å². The van der Waals surface area contributed by atoms with E-state index in [2.05, 4.69) is 11.2 Å². The standard InChI is InChI=1S/C15H17N3O2/c1-4-9-18-14(19)17-13(16)15(18,2)10-11-7-5-6-8-12(11)20-3/h1,5-8H,9-10H2,2-3H3,(H2,16,17,19). The zero-order valence-corrected chi connectivity index (χ0v) is 11.6. The van der Waals surface area contributed by atoms with Crippen LogP contribution in [0, 0.1) is 17.8 Å². The number of nitrogens with zero attached hydrogens (tertiary/aromatic N) is 1. The highest BCUT2D eigenvalue weighted by molar-refractivity contribution is 6.08. The van der Waals surface area contributed by atoms with Crippen LogP contribution in [0.15, 0.2) is 24.3 Å². The molecule has 2 N–H and O–H groups in total. The predicted molar refractivity (Wildman–Crippen MR) is 76.9 cm³/mol. The van der Waals surface area contributed by atoms with Crippen molar-refractivity contribution in [3.05, 3.63) is 29.8 Å². The van der Waals surface area contributed by atoms with Crippen LogP contribution in [0.3, 0.4) is 0 Å². The third kappa shape index (κ3) is 2.21. The molecule has 1 atom stereocenters. The second kappa shape index (κ2) is 5.25. The molecule has 0 bridgehead atoms. The molecule has 1 aliphatic rings. The fourth-order valence-electron chi connectivity index (χ4n) is 2.41. The monoisotopic (exact) mass is 271 g/mol. The summed E-state index contributed by atoms with van der Waals surface area (Å²) >= 11 is 0. The summed E-state index contributed by atoms with van der Waals surface area (Å²) in [5, 5.41) is 10.6. The molecule has 2 rings (SSSR count). The van der Waals surface area contributed by atoms with Crippen molar-refractivity contribution in [2.75, 3.05) is 13.7 Å². The first-order valence-electron chi connectivity index (χ1n) is 6.26. The highest BCUT2D eigenvalue weighted by Crippen LogP contribution is 2.29. The zero-order chi connectivity index (χ0) is 14.8. The number of carbonyl (C=O) groups is 1. The summed E-state index contributed by atoms with van der Waals surface area (Å²) in [5.74, 6) is 3.36. The van der Waals surface area contributed by atoms with Gasteiger partial charge >= 0.3 is 6.03 Å². The van der Waals surface area contributed by atoms with Crippen LogP contribution in [0.25, 0.3) is 0 Å². The molecule has 0 saturated carbocycles. The van der Waals surface area contributed by atoms with Gasteiger partial charge in [-0.25, -0.2) is 4.79 Å². The van der Waals surface area contributed by atoms with Crippen LogP contribution in [0.4, 0.5) is 4.79 Å². The van der Waals surface area contributed by atoms with Crippen LogP contribution >= 0.6 is 0 Å². The van der Waals surface area contributed by atoms with Gasteiger partial charge in [0.25, 0.3) is 0 Å². The van der Waals surface area contributed by atoms with E-state index in [1.54, 1.807) is 7.11 Å². The predicted octanol–water partition coefficient (Wildman–Crippen LogP) is 1.63. The maximum Gasteiger partial charge on any atom is 0.324 e. The van der Waals surface area contributed by atoms with Crippen LogP contribution in [0.2, 0.25) is 0 Å². The minimum atomic E-state index is -0.780. The number of amidine groups is 1. The number of benzene rings is 1. The Bertz CT molecular complexity index is 591. The van der Waals surface area contributed by atoms with E-state index in [4.69, 9.17) is 16.6 Å². The Morgan fingerprint density at radius 1 is 1.50 bits per heavy atom. The van der Waals surface area contributed by atoms with Gasteiger partial charge in [-0.1, -0.05) is 24.1 Å². The molecule has 104 valence electrons. The van der Waals surface area contributed by atoms with Crippen LogP contribution in [0.5, 0.6) is 5.75 Å². The third-order valence-electron chi connectivity index (χ3n) is 3.59. The number of para-hydroxylation sites is 1. The number of urea groups is 1. The topological polar surface area (TPSA) is 65.4 Å². The number of amides is 2. The van der Waals surface area contributed by atoms with Gasteiger partial charge in [-0.15, -0.1) is 6.42 Å². The highest BCUT2D eigenvalue weighted by atomic mass is 16.5. The first-order chi connectivity index (χ1) is 9.52. The summed E-state index contributed by atoms with van der Waals surface area (Å²) in [6, 6.07) is 7.24. The fourth-order valence-corrected chi connectivity index (χ4v) is 2.41. The Kier molecular flexibility index (Phi) is 3.66. The van der Waals surface area contributed by atoms with Crippen molar-refractivity contribution in [1.29, 1.82) is 5.41 Å². The molecule has 1 unspecified atom stereocenters. The van der Waals surface area contributed by atoms with Gasteiger partial charge in [0.2, 0.25) is 0 Å². The summed E-state index contributed by atoms with van der Waals surface area (Å²) in [6.45, 7) is 2.00. The molecule has 1 aromatic carbocycles. The fraction of sp³-hybridized carbons (Fsp3) is 0.333. The van der Waals surface area contributed by atoms with E-state index in [0.717, 1.165) is 11.3 Å². The molecular formula is C15H17N3O2. The number of methoxy groups -OCH3 is 1. The van der Waals surface area contributed by atoms with Crippen molar-refractivity contribution in [2.24, 2.45) is 0 Å². The SMILES string of the molecule is C#CCN1C(=O)NC(=N)C1(C)Cc1ccccc1OC. The summed E-state index contributed by atoms with van der Waals surface area (Å²) in [6.07, 6.45) is 5.79. The second-order valence-electron chi connectivity index (χ2n) is 4.86. The van der Waals surface area contributed by atoms with Crippen molar-refractivity contribution in [3.63, 3.8) is 0 Å². The number of ether oxygens (including phenoxy) is 1. The lowest BCUT2D eigenvalue weighted by molar-refractivity contribution is 0.189. The van der Waals surface area contributed by atoms with E-state index >= 15 is 0 Å². The van der Waals surface area contributed by atoms with Crippen molar-refractivity contribution in [1.82, 2.24) is 10.2 Å². The molecule has 0 aliphatic carbocycles. The van der Waals surface area contributed by atoms with E-state index in [1.807, 2.05) is 31.2 Å². The molecule has 0 spiro atoms. The Morgan fingerprint density at radius 3 is 2.85 bits per heavy atom. The molecular weight excluding hydrogens is 254 g/mol. The summed E-state index contributed by atoms with van der Waals surface area (Å²) in [7, 11) is 1.60. The van der Waals surface area contributed by atoms with Crippen molar-refractivity contribution in [2.45, 2.75) is 18.9 Å². The number of nitrogens with one attached hydrogen (secondary N) is 2. The summed E-state index contributed by atoms with van der Waals surface area (Å²) in [4.78, 5) is 13.4. The number of rotatable bonds is 4. The maximum atomic E-state index is 11.9. The van der Waals surface area contributed by atoms with Crippen LogP contribution < -0.4 is 10.1 Å². The summed E-state index contributed by atoms with van der Waals surface area (Å²) < 4.78 is 5.32. The number of hydrogen-bond acceptors (Lipinski definition) is 3. The molecule has 0 aromatic heterocycles. The van der Waals surface area contributed by atoms with Crippen molar-refractivity contribution >= 4 is 11.9 Å². The van der Waals surface area contributed by atoms with E-state index in [9.17, 15) is 4.79 Å². The minimum Gasteiger partial charge on any atom is -0.496 e. The molecule has 1 heterocycles. The Labute approximate surface area is 118 Å². The molecule has 1 saturated heterocycles. The van der Waals surface area contributed by atoms with Gasteiger partial charge < -0.3 is 9.64 Å². The molecule has 5 nitrogen and oxygen atoms in total. The van der Waals surface area contributed by atoms with Crippen LogP contribution in [-0.2, 0) is 6.42 Å². The smallest absolute Gasteiger partial charge is 0.324 e. The molecule has 1 aliphatic heterocycles. The lowest BCUT2D eigenvalue weighted by Gasteiger charge is -2.32. The Morgan fingerprint density at radius 2 is 2.20 bits per heavy atom. The first kappa shape index (κ1) is 13.9. The first-order valence-corrected chi connectivity index (χ1v) is 6.26. The van der Waals surface area contributed by atoms with Gasteiger partial charge in [-0.05, 0) is 18.6 Å². The Hall–Kier alpha value is -2.48. The van der Waals surface area contributed by atoms with Gasteiger partial charge in [0, 0.05) is 6.42 Å². The quantitative estimate of drug-likeness (QED) is 0.817. The molecule has 20 heavy (non-hydrogen) atoms. The van der Waals surface area contributed by atoms with E-state index in [-0.39, 0.29) is 18.4 Å². The lowest BCUT2D eigenvalue weighted by atomic mass is 9.90. The normalized spacial score (nSPS) is 21.6. The average molecular weight is 271 g/mol. The van der Waals surface area contributed by atoms with Gasteiger partial charge in [-0.3, -0.25) is 10.7 Å². The summed E-state index contributed by atoms with van der Waals surface area (Å²) in [5.41, 5.74) is 0.152. The highest BCUT2D eigenvalue weighted by Gasteiger charge is 2.46. The molecule has 5 heteroatoms. The van der Waals surface area contributed by atoms with Crippen LogP contribution in [-0.4, -0.2) is 36.0 Å². The van der Waals surface area contributed by atoms with Gasteiger partial charge in [0.15, 0.2) is 0 Å². The van der Waals surface area contributed by atoms with Crippen LogP contribution in [0.1, 0.15) is 12.5 Å². The van der Waals surface area contributed by atoms with Gasteiger partial charge in [0.1, 0.15) is 17.1 Å². The third-order valence-corrected chi connectivity index (χ3v) is 3.59. The number of terminal acetylenes is 1. The molecule has 1 aromatic rings. The Balaban J connectivity index is 2.36. The largest absolute Gasteiger partial charge is 0.496 e. The second-order valence-corrected chi connectivity index (χ2v) is 4.86. The number of carbonyl (C=O) groups excluding carboxylic acids is 1. The average Bonchev–Trinajstić information content (AvgIpc) is 2.63. The van der Waals surface area contributed by atoms with E-state index < -0.39 is 5.54 Å². The maximum absolute atomic E-state index is 11.9. The molecule has 0 radical (unpaired) electrons. The lowest BCUT2D eigenvalue weighted by Crippen LogP contribution is -2.48. The van der Waals surface area contributed by atoms with Crippen molar-refractivity contribution in [3.8, 4) is 18.1 Å². The minimum absolute atomic E-state index is 0.156. The zero-order valence-electron chi connectivity index (χ0n) is 11.6. The molecule has 1 fully saturated rings. The molecule has 2 amide bonds. The van der Waals surface area contributed by atoms with E-state index in [0.29, 0.717) is 6.42 Å². The van der Waals surface area contributed by atoms with Crippen molar-refractivity contribution < 1.29 is 9.53 Å². The van der Waals surface area contributed by atoms with E-state index in [1.165, 1.54) is 4.90 Å². The van der Waals surface area contributed by atoms with Gasteiger partial charge in [-0.2, -0.15) is 0 Å². The number of hydrogen-bond donors (Lipinski definition) is 2.